The van der Waals surface area contributed by atoms with Crippen molar-refractivity contribution in [1.29, 1.82) is 0 Å². The quantitative estimate of drug-likeness (QED) is 0.242. The summed E-state index contributed by atoms with van der Waals surface area (Å²) in [7, 11) is 2.20. The average molecular weight is 415 g/mol. The van der Waals surface area contributed by atoms with Gasteiger partial charge in [0.25, 0.3) is 0 Å². The Labute approximate surface area is 190 Å². The molecule has 5 aromatic rings. The van der Waals surface area contributed by atoms with Crippen LogP contribution in [-0.2, 0) is 12.5 Å². The van der Waals surface area contributed by atoms with Gasteiger partial charge < -0.3 is 0 Å². The predicted octanol–water partition coefficient (Wildman–Crippen LogP) is 7.74. The molecule has 0 saturated heterocycles. The molecule has 0 saturated carbocycles. The van der Waals surface area contributed by atoms with Crippen molar-refractivity contribution in [2.45, 2.75) is 33.1 Å². The Morgan fingerprint density at radius 1 is 0.688 bits per heavy atom. The van der Waals surface area contributed by atoms with Gasteiger partial charge in [-0.25, -0.2) is 0 Å². The Bertz CT molecular complexity index is 1560. The molecule has 1 heterocycles. The Morgan fingerprint density at radius 3 is 2.09 bits per heavy atom. The van der Waals surface area contributed by atoms with Crippen molar-refractivity contribution in [3.63, 3.8) is 0 Å². The van der Waals surface area contributed by atoms with E-state index in [1.807, 2.05) is 0 Å². The maximum atomic E-state index is 2.46. The smallest absolute Gasteiger partial charge is 0.200 e. The molecule has 0 bridgehead atoms. The summed E-state index contributed by atoms with van der Waals surface area (Å²) < 4.78 is 2.34. The van der Waals surface area contributed by atoms with E-state index < -0.39 is 0 Å². The van der Waals surface area contributed by atoms with Crippen LogP contribution in [-0.4, -0.2) is 0 Å². The van der Waals surface area contributed by atoms with Crippen LogP contribution < -0.4 is 4.57 Å². The van der Waals surface area contributed by atoms with Crippen LogP contribution in [0.15, 0.2) is 79.0 Å². The predicted molar refractivity (Wildman–Crippen MR) is 136 cm³/mol. The lowest BCUT2D eigenvalue weighted by Crippen LogP contribution is -2.31. The highest BCUT2D eigenvalue weighted by atomic mass is 14.9. The van der Waals surface area contributed by atoms with Gasteiger partial charge >= 0.3 is 0 Å². The van der Waals surface area contributed by atoms with Gasteiger partial charge in [0.05, 0.1) is 11.1 Å². The molecule has 0 fully saturated rings. The van der Waals surface area contributed by atoms with Crippen LogP contribution >= 0.6 is 0 Å². The molecule has 32 heavy (non-hydrogen) atoms. The third-order valence-corrected chi connectivity index (χ3v) is 7.13. The number of nitrogens with zero attached hydrogens (tertiary/aromatic N) is 1. The Morgan fingerprint density at radius 2 is 1.34 bits per heavy atom. The maximum Gasteiger partial charge on any atom is 0.221 e. The maximum absolute atomic E-state index is 2.46. The van der Waals surface area contributed by atoms with E-state index in [1.165, 1.54) is 66.2 Å². The SMILES string of the molecule is Cc1c(-c2c3c4c(cccc4c[n+]2C)-c2ccccc2-3)cc(C(C)(C)C)c2ccccc12. The minimum Gasteiger partial charge on any atom is -0.200 e. The minimum atomic E-state index is 0.0564. The van der Waals surface area contributed by atoms with Gasteiger partial charge in [0.2, 0.25) is 5.69 Å². The molecule has 4 aromatic carbocycles. The van der Waals surface area contributed by atoms with Crippen molar-refractivity contribution in [3.05, 3.63) is 90.1 Å². The normalized spacial score (nSPS) is 12.5. The second-order valence-electron chi connectivity index (χ2n) is 10.2. The molecule has 1 aromatic heterocycles. The van der Waals surface area contributed by atoms with E-state index in [1.54, 1.807) is 0 Å². The zero-order chi connectivity index (χ0) is 22.2. The van der Waals surface area contributed by atoms with Crippen LogP contribution in [0, 0.1) is 6.92 Å². The molecule has 0 radical (unpaired) electrons. The Kier molecular flexibility index (Phi) is 3.93. The molecule has 1 nitrogen and oxygen atoms in total. The molecule has 1 heteroatoms. The van der Waals surface area contributed by atoms with E-state index in [-0.39, 0.29) is 5.41 Å². The van der Waals surface area contributed by atoms with Crippen molar-refractivity contribution in [2.75, 3.05) is 0 Å². The first-order valence-electron chi connectivity index (χ1n) is 11.4. The van der Waals surface area contributed by atoms with Crippen molar-refractivity contribution >= 4 is 21.5 Å². The molecule has 0 spiro atoms. The first-order chi connectivity index (χ1) is 15.4. The highest BCUT2D eigenvalue weighted by Crippen LogP contribution is 2.50. The lowest BCUT2D eigenvalue weighted by atomic mass is 9.80. The molecular weight excluding hydrogens is 386 g/mol. The van der Waals surface area contributed by atoms with Crippen LogP contribution in [0.1, 0.15) is 31.9 Å². The summed E-state index contributed by atoms with van der Waals surface area (Å²) in [6, 6.07) is 26.9. The first-order valence-corrected chi connectivity index (χ1v) is 11.4. The van der Waals surface area contributed by atoms with Gasteiger partial charge in [0, 0.05) is 10.8 Å². The van der Waals surface area contributed by atoms with Crippen molar-refractivity contribution < 1.29 is 4.57 Å². The van der Waals surface area contributed by atoms with E-state index >= 15 is 0 Å². The average Bonchev–Trinajstić information content (AvgIpc) is 3.10. The minimum absolute atomic E-state index is 0.0564. The number of aromatic nitrogens is 1. The molecule has 0 atom stereocenters. The molecule has 0 amide bonds. The van der Waals surface area contributed by atoms with E-state index in [0.717, 1.165) is 0 Å². The topological polar surface area (TPSA) is 3.88 Å². The second-order valence-corrected chi connectivity index (χ2v) is 10.2. The van der Waals surface area contributed by atoms with Crippen LogP contribution in [0.25, 0.3) is 55.1 Å². The zero-order valence-electron chi connectivity index (χ0n) is 19.5. The molecule has 0 unspecified atom stereocenters. The van der Waals surface area contributed by atoms with E-state index in [2.05, 4.69) is 118 Å². The molecule has 0 N–H and O–H groups in total. The summed E-state index contributed by atoms with van der Waals surface area (Å²) in [5.41, 5.74) is 10.9. The van der Waals surface area contributed by atoms with Gasteiger partial charge in [0.1, 0.15) is 7.05 Å². The summed E-state index contributed by atoms with van der Waals surface area (Å²) >= 11 is 0. The van der Waals surface area contributed by atoms with Crippen LogP contribution in [0.2, 0.25) is 0 Å². The largest absolute Gasteiger partial charge is 0.221 e. The third kappa shape index (κ3) is 2.54. The number of hydrogen-bond donors (Lipinski definition) is 0. The lowest BCUT2D eigenvalue weighted by Gasteiger charge is -2.24. The van der Waals surface area contributed by atoms with Gasteiger partial charge in [-0.2, -0.15) is 4.57 Å². The number of hydrogen-bond acceptors (Lipinski definition) is 0. The van der Waals surface area contributed by atoms with Crippen molar-refractivity contribution in [1.82, 2.24) is 0 Å². The van der Waals surface area contributed by atoms with Gasteiger partial charge in [-0.3, -0.25) is 0 Å². The molecule has 1 aliphatic rings. The number of benzene rings is 4. The summed E-state index contributed by atoms with van der Waals surface area (Å²) in [5.74, 6) is 0. The third-order valence-electron chi connectivity index (χ3n) is 7.13. The monoisotopic (exact) mass is 414 g/mol. The number of aryl methyl sites for hydroxylation is 2. The van der Waals surface area contributed by atoms with Gasteiger partial charge in [-0.05, 0) is 63.1 Å². The summed E-state index contributed by atoms with van der Waals surface area (Å²) in [4.78, 5) is 0. The fourth-order valence-corrected chi connectivity index (χ4v) is 5.66. The number of fused-ring (bicyclic) bond motifs is 4. The molecule has 6 rings (SSSR count). The van der Waals surface area contributed by atoms with Crippen LogP contribution in [0.3, 0.4) is 0 Å². The molecule has 1 aliphatic carbocycles. The summed E-state index contributed by atoms with van der Waals surface area (Å²) in [5, 5.41) is 5.39. The van der Waals surface area contributed by atoms with Gasteiger partial charge in [-0.15, -0.1) is 0 Å². The lowest BCUT2D eigenvalue weighted by molar-refractivity contribution is -0.658. The van der Waals surface area contributed by atoms with E-state index in [4.69, 9.17) is 0 Å². The summed E-state index contributed by atoms with van der Waals surface area (Å²) in [6.45, 7) is 9.25. The Balaban J connectivity index is 1.81. The van der Waals surface area contributed by atoms with E-state index in [0.29, 0.717) is 0 Å². The first kappa shape index (κ1) is 19.3. The van der Waals surface area contributed by atoms with Crippen LogP contribution in [0.5, 0.6) is 0 Å². The van der Waals surface area contributed by atoms with Crippen LogP contribution in [0.4, 0.5) is 0 Å². The van der Waals surface area contributed by atoms with Crippen molar-refractivity contribution in [3.8, 4) is 33.5 Å². The van der Waals surface area contributed by atoms with E-state index in [9.17, 15) is 0 Å². The number of rotatable bonds is 1. The van der Waals surface area contributed by atoms with Gasteiger partial charge in [0.15, 0.2) is 6.20 Å². The number of pyridine rings is 1. The fraction of sp³-hybridized carbons (Fsp3) is 0.194. The highest BCUT2D eigenvalue weighted by Gasteiger charge is 2.32. The fourth-order valence-electron chi connectivity index (χ4n) is 5.66. The van der Waals surface area contributed by atoms with Gasteiger partial charge in [-0.1, -0.05) is 81.4 Å². The molecule has 156 valence electrons. The Hall–Kier alpha value is -3.45. The zero-order valence-corrected chi connectivity index (χ0v) is 19.5. The second kappa shape index (κ2) is 6.53. The molecule has 0 aliphatic heterocycles. The van der Waals surface area contributed by atoms with Crippen molar-refractivity contribution in [2.24, 2.45) is 7.05 Å². The molecular formula is C31H28N+. The highest BCUT2D eigenvalue weighted by molar-refractivity contribution is 6.18. The summed E-state index contributed by atoms with van der Waals surface area (Å²) in [6.07, 6.45) is 2.30. The standard InChI is InChI=1S/C31H28N/c1-19-21-12-6-8-14-23(21)27(31(2,3)4)17-26(19)30-29-25-15-9-7-13-22(25)24-16-10-11-20(28(24)29)18-32(30)5/h6-18H,1-5H3/q+1.